The Morgan fingerprint density at radius 1 is 1.06 bits per heavy atom. The van der Waals surface area contributed by atoms with Crippen LogP contribution in [0.5, 0.6) is 5.75 Å². The van der Waals surface area contributed by atoms with E-state index in [2.05, 4.69) is 11.6 Å². The van der Waals surface area contributed by atoms with Crippen LogP contribution in [0.25, 0.3) is 6.08 Å². The molecule has 3 rings (SSSR count). The Kier molecular flexibility index (Phi) is 2.14. The number of hydrogen-bond acceptors (Lipinski definition) is 3. The molecule has 1 aromatic heterocycles. The summed E-state index contributed by atoms with van der Waals surface area (Å²) in [6.45, 7) is 0. The van der Waals surface area contributed by atoms with Crippen molar-refractivity contribution >= 4 is 6.08 Å². The third-order valence-corrected chi connectivity index (χ3v) is 2.49. The maximum Gasteiger partial charge on any atom is 0.162 e. The van der Waals surface area contributed by atoms with E-state index in [9.17, 15) is 0 Å². The molecule has 3 nitrogen and oxygen atoms in total. The normalized spacial score (nSPS) is 13.4. The number of furan rings is 1. The van der Waals surface area contributed by atoms with E-state index in [-0.39, 0.29) is 0 Å². The highest BCUT2D eigenvalue weighted by Crippen LogP contribution is 2.24. The van der Waals surface area contributed by atoms with Crippen LogP contribution in [0.2, 0.25) is 0 Å². The first-order chi connectivity index (χ1) is 7.92. The molecule has 0 radical (unpaired) electrons. The van der Waals surface area contributed by atoms with Crippen LogP contribution >= 0.6 is 0 Å². The fourth-order valence-corrected chi connectivity index (χ4v) is 1.72. The molecule has 0 saturated heterocycles. The van der Waals surface area contributed by atoms with Crippen molar-refractivity contribution in [2.75, 3.05) is 0 Å². The Morgan fingerprint density at radius 3 is 2.88 bits per heavy atom. The fourth-order valence-electron chi connectivity index (χ4n) is 1.72. The van der Waals surface area contributed by atoms with Crippen molar-refractivity contribution < 1.29 is 9.25 Å². The van der Waals surface area contributed by atoms with Gasteiger partial charge in [-0.3, -0.25) is 0 Å². The summed E-state index contributed by atoms with van der Waals surface area (Å²) >= 11 is 0. The molecule has 1 aromatic carbocycles. The lowest BCUT2D eigenvalue weighted by Crippen LogP contribution is -2.22. The minimum Gasteiger partial charge on any atom is -0.469 e. The Morgan fingerprint density at radius 2 is 2.00 bits per heavy atom. The largest absolute Gasteiger partial charge is 0.469 e. The predicted molar refractivity (Wildman–Crippen MR) is 60.6 cm³/mol. The molecule has 0 unspecified atom stereocenters. The molecule has 0 aliphatic carbocycles. The zero-order valence-corrected chi connectivity index (χ0v) is 8.64. The number of hydrogen-bond donors (Lipinski definition) is 1. The van der Waals surface area contributed by atoms with E-state index in [1.54, 1.807) is 6.26 Å². The highest BCUT2D eigenvalue weighted by atomic mass is 16.6. The van der Waals surface area contributed by atoms with Crippen LogP contribution in [0.1, 0.15) is 11.3 Å². The molecule has 0 saturated carbocycles. The molecule has 1 aliphatic rings. The van der Waals surface area contributed by atoms with Crippen LogP contribution < -0.4 is 10.3 Å². The molecule has 0 amide bonds. The SMILES string of the molecule is C1=C(Cc2ccco2)NOc2ccccc21. The molecule has 0 fully saturated rings. The molecule has 2 heterocycles. The van der Waals surface area contributed by atoms with Gasteiger partial charge in [0.25, 0.3) is 0 Å². The van der Waals surface area contributed by atoms with Gasteiger partial charge >= 0.3 is 0 Å². The molecule has 16 heavy (non-hydrogen) atoms. The minimum atomic E-state index is 0.710. The van der Waals surface area contributed by atoms with Crippen molar-refractivity contribution in [2.45, 2.75) is 6.42 Å². The van der Waals surface area contributed by atoms with Gasteiger partial charge in [-0.25, -0.2) is 5.48 Å². The number of para-hydroxylation sites is 1. The minimum absolute atomic E-state index is 0.710. The zero-order chi connectivity index (χ0) is 10.8. The molecule has 3 heteroatoms. The van der Waals surface area contributed by atoms with Crippen molar-refractivity contribution in [2.24, 2.45) is 0 Å². The lowest BCUT2D eigenvalue weighted by Gasteiger charge is -2.18. The van der Waals surface area contributed by atoms with E-state index in [0.717, 1.165) is 22.8 Å². The van der Waals surface area contributed by atoms with Gasteiger partial charge in [0, 0.05) is 12.0 Å². The Labute approximate surface area is 93.3 Å². The van der Waals surface area contributed by atoms with Crippen LogP contribution in [-0.2, 0) is 6.42 Å². The van der Waals surface area contributed by atoms with E-state index in [1.807, 2.05) is 36.4 Å². The van der Waals surface area contributed by atoms with Gasteiger partial charge in [0.2, 0.25) is 0 Å². The maximum absolute atomic E-state index is 5.42. The predicted octanol–water partition coefficient (Wildman–Crippen LogP) is 2.76. The first-order valence-electron chi connectivity index (χ1n) is 5.17. The molecule has 2 aromatic rings. The quantitative estimate of drug-likeness (QED) is 0.832. The van der Waals surface area contributed by atoms with Gasteiger partial charge in [0.05, 0.1) is 12.0 Å². The van der Waals surface area contributed by atoms with Crippen LogP contribution in [0.3, 0.4) is 0 Å². The Hall–Kier alpha value is -2.16. The van der Waals surface area contributed by atoms with Crippen molar-refractivity contribution in [1.82, 2.24) is 5.48 Å². The summed E-state index contributed by atoms with van der Waals surface area (Å²) in [4.78, 5) is 5.42. The smallest absolute Gasteiger partial charge is 0.162 e. The molecular weight excluding hydrogens is 202 g/mol. The van der Waals surface area contributed by atoms with Gasteiger partial charge in [-0.1, -0.05) is 18.2 Å². The lowest BCUT2D eigenvalue weighted by molar-refractivity contribution is 0.221. The van der Waals surface area contributed by atoms with Crippen LogP contribution in [0.4, 0.5) is 0 Å². The van der Waals surface area contributed by atoms with Crippen molar-refractivity contribution in [1.29, 1.82) is 0 Å². The average Bonchev–Trinajstić information content (AvgIpc) is 2.82. The summed E-state index contributed by atoms with van der Waals surface area (Å²) in [7, 11) is 0. The first-order valence-corrected chi connectivity index (χ1v) is 5.17. The summed E-state index contributed by atoms with van der Waals surface area (Å²) in [6, 6.07) is 11.7. The second-order valence-electron chi connectivity index (χ2n) is 3.67. The van der Waals surface area contributed by atoms with Gasteiger partial charge in [-0.05, 0) is 24.3 Å². The number of hydroxylamine groups is 1. The topological polar surface area (TPSA) is 34.4 Å². The summed E-state index contributed by atoms with van der Waals surface area (Å²) in [5.41, 5.74) is 4.99. The summed E-state index contributed by atoms with van der Waals surface area (Å²) < 4.78 is 5.29. The molecule has 0 atom stereocenters. The summed E-state index contributed by atoms with van der Waals surface area (Å²) in [6.07, 6.45) is 4.45. The molecule has 1 aliphatic heterocycles. The maximum atomic E-state index is 5.42. The number of allylic oxidation sites excluding steroid dienone is 1. The highest BCUT2D eigenvalue weighted by molar-refractivity contribution is 5.61. The van der Waals surface area contributed by atoms with E-state index in [4.69, 9.17) is 9.25 Å². The first kappa shape index (κ1) is 9.09. The summed E-state index contributed by atoms with van der Waals surface area (Å²) in [5, 5.41) is 0. The number of nitrogens with one attached hydrogen (secondary N) is 1. The Bertz CT molecular complexity index is 514. The van der Waals surface area contributed by atoms with E-state index < -0.39 is 0 Å². The van der Waals surface area contributed by atoms with Crippen LogP contribution in [-0.4, -0.2) is 0 Å². The van der Waals surface area contributed by atoms with E-state index in [1.165, 1.54) is 0 Å². The second kappa shape index (κ2) is 3.77. The number of rotatable bonds is 2. The molecule has 80 valence electrons. The Balaban J connectivity index is 1.86. The van der Waals surface area contributed by atoms with Gasteiger partial charge < -0.3 is 9.25 Å². The van der Waals surface area contributed by atoms with Gasteiger partial charge in [0.15, 0.2) is 5.75 Å². The van der Waals surface area contributed by atoms with E-state index >= 15 is 0 Å². The fraction of sp³-hybridized carbons (Fsp3) is 0.0769. The van der Waals surface area contributed by atoms with Gasteiger partial charge in [-0.2, -0.15) is 0 Å². The molecular formula is C13H11NO2. The third kappa shape index (κ3) is 1.67. The molecule has 0 bridgehead atoms. The highest BCUT2D eigenvalue weighted by Gasteiger charge is 2.11. The van der Waals surface area contributed by atoms with Crippen molar-refractivity contribution in [3.8, 4) is 5.75 Å². The van der Waals surface area contributed by atoms with Crippen LogP contribution in [0, 0.1) is 0 Å². The number of fused-ring (bicyclic) bond motifs is 1. The van der Waals surface area contributed by atoms with Crippen molar-refractivity contribution in [3.63, 3.8) is 0 Å². The average molecular weight is 213 g/mol. The lowest BCUT2D eigenvalue weighted by atomic mass is 10.1. The monoisotopic (exact) mass is 213 g/mol. The van der Waals surface area contributed by atoms with E-state index in [0.29, 0.717) is 6.42 Å². The van der Waals surface area contributed by atoms with Gasteiger partial charge in [0.1, 0.15) is 5.76 Å². The third-order valence-electron chi connectivity index (χ3n) is 2.49. The van der Waals surface area contributed by atoms with Crippen molar-refractivity contribution in [3.05, 3.63) is 59.7 Å². The number of benzene rings is 1. The molecule has 0 spiro atoms. The van der Waals surface area contributed by atoms with Gasteiger partial charge in [-0.15, -0.1) is 0 Å². The van der Waals surface area contributed by atoms with Crippen LogP contribution in [0.15, 0.2) is 52.8 Å². The molecule has 1 N–H and O–H groups in total. The second-order valence-corrected chi connectivity index (χ2v) is 3.67. The summed E-state index contributed by atoms with van der Waals surface area (Å²) in [5.74, 6) is 1.77. The zero-order valence-electron chi connectivity index (χ0n) is 8.64. The standard InChI is InChI=1S/C13H11NO2/c1-2-6-13-10(4-1)8-11(14-16-13)9-12-5-3-7-15-12/h1-8,14H,9H2.